The maximum absolute atomic E-state index is 11.7. The molecule has 0 saturated heterocycles. The third-order valence-electron chi connectivity index (χ3n) is 2.43. The van der Waals surface area contributed by atoms with Gasteiger partial charge in [-0.15, -0.1) is 0 Å². The molecule has 0 heterocycles. The van der Waals surface area contributed by atoms with Crippen LogP contribution in [0, 0.1) is 0 Å². The largest absolute Gasteiger partial charge is 0.353 e. The minimum absolute atomic E-state index is 0.0249. The Bertz CT molecular complexity index is 421. The Morgan fingerprint density at radius 2 is 1.94 bits per heavy atom. The number of nitrogens with one attached hydrogen (secondary N) is 2. The molecule has 0 radical (unpaired) electrons. The zero-order valence-electron chi connectivity index (χ0n) is 10.8. The van der Waals surface area contributed by atoms with E-state index in [1.807, 2.05) is 20.8 Å². The fourth-order valence-corrected chi connectivity index (χ4v) is 1.82. The fraction of sp³-hybridized carbons (Fsp3) is 0.462. The SMILES string of the molecule is CC(C)NC(=O)C(C)NCc1cc(Cl)ccc1Cl. The number of rotatable bonds is 5. The molecule has 1 aromatic carbocycles. The number of benzene rings is 1. The molecule has 3 nitrogen and oxygen atoms in total. The molecular formula is C13H18Cl2N2O. The van der Waals surface area contributed by atoms with Crippen molar-refractivity contribution in [3.05, 3.63) is 33.8 Å². The van der Waals surface area contributed by atoms with E-state index >= 15 is 0 Å². The zero-order valence-corrected chi connectivity index (χ0v) is 12.3. The average Bonchev–Trinajstić information content (AvgIpc) is 2.29. The highest BCUT2D eigenvalue weighted by molar-refractivity contribution is 6.33. The number of hydrogen-bond acceptors (Lipinski definition) is 2. The van der Waals surface area contributed by atoms with Crippen LogP contribution in [0.4, 0.5) is 0 Å². The molecule has 2 N–H and O–H groups in total. The first kappa shape index (κ1) is 15.3. The van der Waals surface area contributed by atoms with Gasteiger partial charge < -0.3 is 10.6 Å². The second-order valence-corrected chi connectivity index (χ2v) is 5.35. The molecule has 0 aliphatic carbocycles. The summed E-state index contributed by atoms with van der Waals surface area (Å²) in [5, 5.41) is 7.24. The summed E-state index contributed by atoms with van der Waals surface area (Å²) < 4.78 is 0. The molecule has 1 atom stereocenters. The predicted molar refractivity (Wildman–Crippen MR) is 76.0 cm³/mol. The third kappa shape index (κ3) is 4.84. The van der Waals surface area contributed by atoms with Crippen LogP contribution in [0.15, 0.2) is 18.2 Å². The van der Waals surface area contributed by atoms with Crippen LogP contribution in [-0.4, -0.2) is 18.0 Å². The number of carbonyl (C=O) groups is 1. The molecule has 1 rings (SSSR count). The summed E-state index contributed by atoms with van der Waals surface area (Å²) in [6, 6.07) is 5.14. The van der Waals surface area contributed by atoms with Crippen LogP contribution in [0.5, 0.6) is 0 Å². The summed E-state index contributed by atoms with van der Waals surface area (Å²) in [6.07, 6.45) is 0. The second-order valence-electron chi connectivity index (χ2n) is 4.50. The average molecular weight is 289 g/mol. The molecule has 0 bridgehead atoms. The Kier molecular flexibility index (Phi) is 5.93. The maximum atomic E-state index is 11.7. The minimum atomic E-state index is -0.276. The molecular weight excluding hydrogens is 271 g/mol. The topological polar surface area (TPSA) is 41.1 Å². The Morgan fingerprint density at radius 1 is 1.28 bits per heavy atom. The molecule has 0 aliphatic heterocycles. The fourth-order valence-electron chi connectivity index (χ4n) is 1.44. The maximum Gasteiger partial charge on any atom is 0.237 e. The number of amides is 1. The van der Waals surface area contributed by atoms with Gasteiger partial charge in [0.05, 0.1) is 6.04 Å². The molecule has 18 heavy (non-hydrogen) atoms. The van der Waals surface area contributed by atoms with Crippen LogP contribution in [0.3, 0.4) is 0 Å². The summed E-state index contributed by atoms with van der Waals surface area (Å²) >= 11 is 11.9. The molecule has 1 amide bonds. The summed E-state index contributed by atoms with van der Waals surface area (Å²) in [7, 11) is 0. The van der Waals surface area contributed by atoms with Crippen molar-refractivity contribution >= 4 is 29.1 Å². The van der Waals surface area contributed by atoms with E-state index < -0.39 is 0 Å². The second kappa shape index (κ2) is 6.98. The first-order chi connectivity index (χ1) is 8.40. The van der Waals surface area contributed by atoms with Gasteiger partial charge in [-0.25, -0.2) is 0 Å². The zero-order chi connectivity index (χ0) is 13.7. The summed E-state index contributed by atoms with van der Waals surface area (Å²) in [5.41, 5.74) is 0.883. The lowest BCUT2D eigenvalue weighted by Crippen LogP contribution is -2.44. The van der Waals surface area contributed by atoms with E-state index in [1.165, 1.54) is 0 Å². The number of carbonyl (C=O) groups excluding carboxylic acids is 1. The molecule has 0 saturated carbocycles. The van der Waals surface area contributed by atoms with Gasteiger partial charge in [-0.05, 0) is 44.5 Å². The van der Waals surface area contributed by atoms with E-state index in [1.54, 1.807) is 18.2 Å². The van der Waals surface area contributed by atoms with Crippen molar-refractivity contribution in [3.8, 4) is 0 Å². The number of hydrogen-bond donors (Lipinski definition) is 2. The Labute approximate surface area is 118 Å². The quantitative estimate of drug-likeness (QED) is 0.875. The van der Waals surface area contributed by atoms with Crippen molar-refractivity contribution in [2.75, 3.05) is 0 Å². The van der Waals surface area contributed by atoms with Crippen LogP contribution in [0.25, 0.3) is 0 Å². The van der Waals surface area contributed by atoms with Crippen molar-refractivity contribution in [1.29, 1.82) is 0 Å². The van der Waals surface area contributed by atoms with Gasteiger partial charge in [0.25, 0.3) is 0 Å². The van der Waals surface area contributed by atoms with E-state index in [9.17, 15) is 4.79 Å². The van der Waals surface area contributed by atoms with Gasteiger partial charge in [0, 0.05) is 22.6 Å². The lowest BCUT2D eigenvalue weighted by Gasteiger charge is -2.16. The smallest absolute Gasteiger partial charge is 0.237 e. The van der Waals surface area contributed by atoms with Crippen LogP contribution in [-0.2, 0) is 11.3 Å². The van der Waals surface area contributed by atoms with Gasteiger partial charge in [0.1, 0.15) is 0 Å². The highest BCUT2D eigenvalue weighted by atomic mass is 35.5. The molecule has 0 aromatic heterocycles. The normalized spacial score (nSPS) is 12.6. The molecule has 5 heteroatoms. The predicted octanol–water partition coefficient (Wildman–Crippen LogP) is 3.00. The van der Waals surface area contributed by atoms with Gasteiger partial charge in [0.2, 0.25) is 5.91 Å². The minimum Gasteiger partial charge on any atom is -0.353 e. The number of halogens is 2. The molecule has 0 fully saturated rings. The van der Waals surface area contributed by atoms with E-state index in [0.29, 0.717) is 16.6 Å². The Balaban J connectivity index is 2.54. The molecule has 100 valence electrons. The van der Waals surface area contributed by atoms with Gasteiger partial charge in [-0.2, -0.15) is 0 Å². The first-order valence-electron chi connectivity index (χ1n) is 5.88. The standard InChI is InChI=1S/C13H18Cl2N2O/c1-8(2)17-13(18)9(3)16-7-10-6-11(14)4-5-12(10)15/h4-6,8-9,16H,7H2,1-3H3,(H,17,18). The first-order valence-corrected chi connectivity index (χ1v) is 6.63. The molecule has 1 unspecified atom stereocenters. The third-order valence-corrected chi connectivity index (χ3v) is 3.03. The van der Waals surface area contributed by atoms with Crippen molar-refractivity contribution in [2.45, 2.75) is 39.4 Å². The van der Waals surface area contributed by atoms with Crippen molar-refractivity contribution in [1.82, 2.24) is 10.6 Å². The van der Waals surface area contributed by atoms with Crippen LogP contribution in [0.2, 0.25) is 10.0 Å². The van der Waals surface area contributed by atoms with Gasteiger partial charge in [0.15, 0.2) is 0 Å². The Hall–Kier alpha value is -0.770. The van der Waals surface area contributed by atoms with E-state index in [4.69, 9.17) is 23.2 Å². The molecule has 0 spiro atoms. The monoisotopic (exact) mass is 288 g/mol. The van der Waals surface area contributed by atoms with Gasteiger partial charge in [-0.1, -0.05) is 23.2 Å². The summed E-state index contributed by atoms with van der Waals surface area (Å²) in [5.74, 6) is -0.0249. The van der Waals surface area contributed by atoms with Crippen LogP contribution in [0.1, 0.15) is 26.3 Å². The summed E-state index contributed by atoms with van der Waals surface area (Å²) in [4.78, 5) is 11.7. The molecule has 0 aliphatic rings. The van der Waals surface area contributed by atoms with E-state index in [2.05, 4.69) is 10.6 Å². The van der Waals surface area contributed by atoms with Gasteiger partial charge >= 0.3 is 0 Å². The van der Waals surface area contributed by atoms with Crippen molar-refractivity contribution < 1.29 is 4.79 Å². The lowest BCUT2D eigenvalue weighted by atomic mass is 10.2. The van der Waals surface area contributed by atoms with Crippen LogP contribution < -0.4 is 10.6 Å². The van der Waals surface area contributed by atoms with Crippen LogP contribution >= 0.6 is 23.2 Å². The Morgan fingerprint density at radius 3 is 2.56 bits per heavy atom. The van der Waals surface area contributed by atoms with E-state index in [0.717, 1.165) is 5.56 Å². The highest BCUT2D eigenvalue weighted by Gasteiger charge is 2.13. The summed E-state index contributed by atoms with van der Waals surface area (Å²) in [6.45, 7) is 6.18. The molecule has 1 aromatic rings. The van der Waals surface area contributed by atoms with Crippen molar-refractivity contribution in [2.24, 2.45) is 0 Å². The van der Waals surface area contributed by atoms with E-state index in [-0.39, 0.29) is 18.0 Å². The highest BCUT2D eigenvalue weighted by Crippen LogP contribution is 2.20. The lowest BCUT2D eigenvalue weighted by molar-refractivity contribution is -0.123. The van der Waals surface area contributed by atoms with Crippen molar-refractivity contribution in [3.63, 3.8) is 0 Å². The van der Waals surface area contributed by atoms with Gasteiger partial charge in [-0.3, -0.25) is 4.79 Å².